The molecule has 0 radical (unpaired) electrons. The van der Waals surface area contributed by atoms with Gasteiger partial charge in [0, 0.05) is 18.3 Å². The Hall–Kier alpha value is -1.55. The first kappa shape index (κ1) is 12.9. The number of amides is 1. The Kier molecular flexibility index (Phi) is 3.57. The molecular formula is C14H20N2O2. The number of methoxy groups -OCH3 is 1. The molecule has 98 valence electrons. The van der Waals surface area contributed by atoms with Crippen LogP contribution < -0.4 is 15.8 Å². The lowest BCUT2D eigenvalue weighted by Gasteiger charge is -2.44. The molecule has 18 heavy (non-hydrogen) atoms. The van der Waals surface area contributed by atoms with Crippen LogP contribution in [0.5, 0.6) is 5.75 Å². The van der Waals surface area contributed by atoms with Gasteiger partial charge in [0.05, 0.1) is 12.5 Å². The molecule has 1 aromatic rings. The van der Waals surface area contributed by atoms with Crippen molar-refractivity contribution in [1.82, 2.24) is 0 Å². The van der Waals surface area contributed by atoms with Gasteiger partial charge in [-0.1, -0.05) is 13.0 Å². The molecule has 1 aromatic carbocycles. The number of nitrogens with two attached hydrogens (primary N) is 1. The summed E-state index contributed by atoms with van der Waals surface area (Å²) in [5.74, 6) is 1.34. The highest BCUT2D eigenvalue weighted by Crippen LogP contribution is 2.45. The number of nitrogens with one attached hydrogen (secondary N) is 1. The Morgan fingerprint density at radius 3 is 2.83 bits per heavy atom. The van der Waals surface area contributed by atoms with Gasteiger partial charge in [0.15, 0.2) is 0 Å². The molecule has 4 nitrogen and oxygen atoms in total. The third-order valence-electron chi connectivity index (χ3n) is 3.68. The molecule has 1 amide bonds. The van der Waals surface area contributed by atoms with E-state index in [2.05, 4.69) is 12.2 Å². The second kappa shape index (κ2) is 4.98. The Morgan fingerprint density at radius 2 is 2.28 bits per heavy atom. The van der Waals surface area contributed by atoms with E-state index in [1.807, 2.05) is 24.3 Å². The van der Waals surface area contributed by atoms with Gasteiger partial charge in [-0.3, -0.25) is 4.79 Å². The largest absolute Gasteiger partial charge is 0.497 e. The van der Waals surface area contributed by atoms with Crippen LogP contribution in [0.25, 0.3) is 0 Å². The fourth-order valence-corrected chi connectivity index (χ4v) is 2.68. The van der Waals surface area contributed by atoms with Gasteiger partial charge in [0.2, 0.25) is 5.91 Å². The van der Waals surface area contributed by atoms with Crippen LogP contribution in [-0.4, -0.2) is 19.6 Å². The maximum absolute atomic E-state index is 12.3. The van der Waals surface area contributed by atoms with E-state index in [1.165, 1.54) is 0 Å². The molecule has 0 bridgehead atoms. The topological polar surface area (TPSA) is 64.3 Å². The summed E-state index contributed by atoms with van der Waals surface area (Å²) >= 11 is 0. The molecule has 1 aliphatic rings. The summed E-state index contributed by atoms with van der Waals surface area (Å²) in [5.41, 5.74) is 6.14. The average Bonchev–Trinajstić information content (AvgIpc) is 2.34. The fraction of sp³-hybridized carbons (Fsp3) is 0.500. The van der Waals surface area contributed by atoms with Gasteiger partial charge in [-0.25, -0.2) is 0 Å². The van der Waals surface area contributed by atoms with E-state index in [4.69, 9.17) is 10.5 Å². The first-order valence-electron chi connectivity index (χ1n) is 6.25. The molecule has 0 saturated heterocycles. The summed E-state index contributed by atoms with van der Waals surface area (Å²) in [6.45, 7) is 2.56. The molecule has 0 spiro atoms. The number of carbonyl (C=O) groups excluding carboxylic acids is 1. The molecule has 0 atom stereocenters. The van der Waals surface area contributed by atoms with Crippen LogP contribution in [-0.2, 0) is 4.79 Å². The summed E-state index contributed by atoms with van der Waals surface area (Å²) < 4.78 is 5.13. The van der Waals surface area contributed by atoms with E-state index in [9.17, 15) is 4.79 Å². The van der Waals surface area contributed by atoms with Gasteiger partial charge in [-0.05, 0) is 30.9 Å². The van der Waals surface area contributed by atoms with Gasteiger partial charge >= 0.3 is 0 Å². The Morgan fingerprint density at radius 1 is 1.56 bits per heavy atom. The fourth-order valence-electron chi connectivity index (χ4n) is 2.68. The lowest BCUT2D eigenvalue weighted by atomic mass is 9.62. The average molecular weight is 248 g/mol. The van der Waals surface area contributed by atoms with Crippen molar-refractivity contribution in [1.29, 1.82) is 0 Å². The van der Waals surface area contributed by atoms with Gasteiger partial charge in [-0.2, -0.15) is 0 Å². The minimum Gasteiger partial charge on any atom is -0.497 e. The summed E-state index contributed by atoms with van der Waals surface area (Å²) in [6.07, 6.45) is 1.75. The number of benzene rings is 1. The standard InChI is InChI=1S/C14H20N2O2/c1-10-7-14(8-10,9-15)13(17)16-11-4-3-5-12(6-11)18-2/h3-6,10H,7-9,15H2,1-2H3,(H,16,17). The molecule has 1 saturated carbocycles. The second-order valence-electron chi connectivity index (χ2n) is 5.18. The third kappa shape index (κ3) is 2.34. The van der Waals surface area contributed by atoms with E-state index in [0.29, 0.717) is 12.5 Å². The van der Waals surface area contributed by atoms with Crippen LogP contribution in [0.15, 0.2) is 24.3 Å². The lowest BCUT2D eigenvalue weighted by Crippen LogP contribution is -2.51. The summed E-state index contributed by atoms with van der Waals surface area (Å²) in [4.78, 5) is 12.3. The quantitative estimate of drug-likeness (QED) is 0.856. The van der Waals surface area contributed by atoms with Gasteiger partial charge in [0.25, 0.3) is 0 Å². The highest BCUT2D eigenvalue weighted by molar-refractivity contribution is 5.96. The summed E-state index contributed by atoms with van der Waals surface area (Å²) in [5, 5.41) is 2.93. The molecule has 0 unspecified atom stereocenters. The van der Waals surface area contributed by atoms with E-state index >= 15 is 0 Å². The van der Waals surface area contributed by atoms with Crippen molar-refractivity contribution in [3.05, 3.63) is 24.3 Å². The third-order valence-corrected chi connectivity index (χ3v) is 3.68. The maximum atomic E-state index is 12.3. The molecule has 2 rings (SSSR count). The maximum Gasteiger partial charge on any atom is 0.231 e. The number of anilines is 1. The Balaban J connectivity index is 2.06. The molecule has 0 heterocycles. The van der Waals surface area contributed by atoms with Crippen molar-refractivity contribution in [2.24, 2.45) is 17.1 Å². The molecule has 1 fully saturated rings. The smallest absolute Gasteiger partial charge is 0.231 e. The number of hydrogen-bond acceptors (Lipinski definition) is 3. The summed E-state index contributed by atoms with van der Waals surface area (Å²) in [7, 11) is 1.61. The van der Waals surface area contributed by atoms with Crippen molar-refractivity contribution in [3.63, 3.8) is 0 Å². The van der Waals surface area contributed by atoms with Crippen LogP contribution in [0.2, 0.25) is 0 Å². The SMILES string of the molecule is COc1cccc(NC(=O)C2(CN)CC(C)C2)c1. The number of hydrogen-bond donors (Lipinski definition) is 2. The van der Waals surface area contributed by atoms with Crippen molar-refractivity contribution in [2.45, 2.75) is 19.8 Å². The van der Waals surface area contributed by atoms with Crippen LogP contribution in [0.3, 0.4) is 0 Å². The van der Waals surface area contributed by atoms with Gasteiger partial charge in [-0.15, -0.1) is 0 Å². The van der Waals surface area contributed by atoms with Crippen molar-refractivity contribution in [2.75, 3.05) is 19.0 Å². The van der Waals surface area contributed by atoms with E-state index in [-0.39, 0.29) is 11.3 Å². The predicted molar refractivity (Wildman–Crippen MR) is 71.5 cm³/mol. The zero-order chi connectivity index (χ0) is 13.2. The van der Waals surface area contributed by atoms with Gasteiger partial charge < -0.3 is 15.8 Å². The Bertz CT molecular complexity index is 439. The zero-order valence-electron chi connectivity index (χ0n) is 10.9. The van der Waals surface area contributed by atoms with E-state index in [1.54, 1.807) is 7.11 Å². The summed E-state index contributed by atoms with van der Waals surface area (Å²) in [6, 6.07) is 7.36. The van der Waals surface area contributed by atoms with Crippen molar-refractivity contribution >= 4 is 11.6 Å². The van der Waals surface area contributed by atoms with Crippen LogP contribution in [0.4, 0.5) is 5.69 Å². The van der Waals surface area contributed by atoms with Crippen LogP contribution >= 0.6 is 0 Å². The first-order valence-corrected chi connectivity index (χ1v) is 6.25. The monoisotopic (exact) mass is 248 g/mol. The molecule has 4 heteroatoms. The van der Waals surface area contributed by atoms with Crippen LogP contribution in [0.1, 0.15) is 19.8 Å². The Labute approximate surface area is 108 Å². The number of carbonyl (C=O) groups is 1. The molecule has 0 aromatic heterocycles. The van der Waals surface area contributed by atoms with Gasteiger partial charge in [0.1, 0.15) is 5.75 Å². The molecule has 0 aliphatic heterocycles. The van der Waals surface area contributed by atoms with Crippen molar-refractivity contribution in [3.8, 4) is 5.75 Å². The molecule has 3 N–H and O–H groups in total. The number of ether oxygens (including phenoxy) is 1. The normalized spacial score (nSPS) is 26.3. The number of rotatable bonds is 4. The van der Waals surface area contributed by atoms with Crippen LogP contribution in [0, 0.1) is 11.3 Å². The lowest BCUT2D eigenvalue weighted by molar-refractivity contribution is -0.132. The second-order valence-corrected chi connectivity index (χ2v) is 5.18. The predicted octanol–water partition coefficient (Wildman–Crippen LogP) is 2.01. The minimum absolute atomic E-state index is 0.0244. The highest BCUT2D eigenvalue weighted by atomic mass is 16.5. The minimum atomic E-state index is -0.373. The van der Waals surface area contributed by atoms with E-state index in [0.717, 1.165) is 24.3 Å². The van der Waals surface area contributed by atoms with E-state index < -0.39 is 0 Å². The zero-order valence-corrected chi connectivity index (χ0v) is 10.9. The molecule has 1 aliphatic carbocycles. The molecular weight excluding hydrogens is 228 g/mol. The van der Waals surface area contributed by atoms with Crippen molar-refractivity contribution < 1.29 is 9.53 Å². The highest BCUT2D eigenvalue weighted by Gasteiger charge is 2.47. The first-order chi connectivity index (χ1) is 8.59.